The lowest BCUT2D eigenvalue weighted by molar-refractivity contribution is -0.187. The molecule has 0 saturated carbocycles. The van der Waals surface area contributed by atoms with Crippen LogP contribution >= 0.6 is 0 Å². The number of hydrogen-bond donors (Lipinski definition) is 4. The van der Waals surface area contributed by atoms with Gasteiger partial charge in [-0.1, -0.05) is 0 Å². The maximum absolute atomic E-state index is 12.0. The third kappa shape index (κ3) is 3.07. The summed E-state index contributed by atoms with van der Waals surface area (Å²) in [5.41, 5.74) is 0. The molecule has 0 amide bonds. The van der Waals surface area contributed by atoms with E-state index in [2.05, 4.69) is 0 Å². The summed E-state index contributed by atoms with van der Waals surface area (Å²) in [5.74, 6) is 0. The van der Waals surface area contributed by atoms with Gasteiger partial charge in [-0.15, -0.1) is 0 Å². The second-order valence-electron chi connectivity index (χ2n) is 3.30. The number of alkyl halides is 1. The van der Waals surface area contributed by atoms with Crippen molar-refractivity contribution in [3.63, 3.8) is 0 Å². The van der Waals surface area contributed by atoms with Gasteiger partial charge in [0.05, 0.1) is 13.2 Å². The Balaban J connectivity index is 2.46. The van der Waals surface area contributed by atoms with Gasteiger partial charge in [-0.3, -0.25) is 0 Å². The largest absolute Gasteiger partial charge is 0.388 e. The molecule has 0 aliphatic carbocycles. The standard InChI is InChI=1S/C8H15FO6/c9-3-4(10)5(11)6(12)7(13)8-14-1-2-15-8/h4-8,10-13H,1-3H2/t4-,5+,6+,7-/m1/s1. The molecule has 1 rings (SSSR count). The Kier molecular flexibility index (Phi) is 4.84. The Morgan fingerprint density at radius 2 is 1.60 bits per heavy atom. The van der Waals surface area contributed by atoms with Crippen molar-refractivity contribution in [3.05, 3.63) is 0 Å². The van der Waals surface area contributed by atoms with Crippen molar-refractivity contribution in [1.82, 2.24) is 0 Å². The van der Waals surface area contributed by atoms with Crippen LogP contribution < -0.4 is 0 Å². The fourth-order valence-electron chi connectivity index (χ4n) is 1.26. The monoisotopic (exact) mass is 226 g/mol. The molecule has 1 fully saturated rings. The molecule has 0 radical (unpaired) electrons. The zero-order valence-electron chi connectivity index (χ0n) is 7.99. The van der Waals surface area contributed by atoms with Crippen LogP contribution in [0.15, 0.2) is 0 Å². The molecule has 1 aliphatic rings. The zero-order chi connectivity index (χ0) is 11.4. The number of hydrogen-bond acceptors (Lipinski definition) is 6. The number of aliphatic hydroxyl groups is 4. The summed E-state index contributed by atoms with van der Waals surface area (Å²) in [7, 11) is 0. The van der Waals surface area contributed by atoms with Crippen LogP contribution in [0.2, 0.25) is 0 Å². The summed E-state index contributed by atoms with van der Waals surface area (Å²) in [5, 5.41) is 36.9. The third-order valence-electron chi connectivity index (χ3n) is 2.18. The van der Waals surface area contributed by atoms with Gasteiger partial charge in [0.2, 0.25) is 0 Å². The number of aliphatic hydroxyl groups excluding tert-OH is 4. The Hall–Kier alpha value is -0.310. The first kappa shape index (κ1) is 12.8. The summed E-state index contributed by atoms with van der Waals surface area (Å²) < 4.78 is 21.7. The Bertz CT molecular complexity index is 186. The van der Waals surface area contributed by atoms with Crippen molar-refractivity contribution in [2.24, 2.45) is 0 Å². The highest BCUT2D eigenvalue weighted by molar-refractivity contribution is 4.83. The number of ether oxygens (including phenoxy) is 2. The van der Waals surface area contributed by atoms with Gasteiger partial charge in [-0.05, 0) is 0 Å². The van der Waals surface area contributed by atoms with Crippen molar-refractivity contribution >= 4 is 0 Å². The SMILES string of the molecule is O[C@H]([C@H](O)[C@@H](O)C1OCCO1)[C@H](O)CF. The number of halogens is 1. The molecule has 6 nitrogen and oxygen atoms in total. The van der Waals surface area contributed by atoms with Crippen LogP contribution in [0.4, 0.5) is 4.39 Å². The van der Waals surface area contributed by atoms with E-state index in [1.165, 1.54) is 0 Å². The van der Waals surface area contributed by atoms with E-state index in [9.17, 15) is 19.7 Å². The lowest BCUT2D eigenvalue weighted by Crippen LogP contribution is -2.49. The molecular formula is C8H15FO6. The van der Waals surface area contributed by atoms with Crippen LogP contribution in [0.1, 0.15) is 0 Å². The average Bonchev–Trinajstić information content (AvgIpc) is 2.78. The first-order valence-corrected chi connectivity index (χ1v) is 4.59. The van der Waals surface area contributed by atoms with E-state index >= 15 is 0 Å². The summed E-state index contributed by atoms with van der Waals surface area (Å²) in [6, 6.07) is 0. The van der Waals surface area contributed by atoms with Gasteiger partial charge in [0, 0.05) is 0 Å². The van der Waals surface area contributed by atoms with E-state index in [-0.39, 0.29) is 13.2 Å². The van der Waals surface area contributed by atoms with Crippen LogP contribution in [0.3, 0.4) is 0 Å². The average molecular weight is 226 g/mol. The van der Waals surface area contributed by atoms with Crippen LogP contribution in [-0.4, -0.2) is 71.0 Å². The van der Waals surface area contributed by atoms with Crippen molar-refractivity contribution in [1.29, 1.82) is 0 Å². The normalized spacial score (nSPS) is 26.2. The fourth-order valence-corrected chi connectivity index (χ4v) is 1.26. The van der Waals surface area contributed by atoms with E-state index in [1.54, 1.807) is 0 Å². The lowest BCUT2D eigenvalue weighted by Gasteiger charge is -2.27. The summed E-state index contributed by atoms with van der Waals surface area (Å²) >= 11 is 0. The first-order chi connectivity index (χ1) is 7.07. The fraction of sp³-hybridized carbons (Fsp3) is 1.00. The molecule has 15 heavy (non-hydrogen) atoms. The molecule has 4 N–H and O–H groups in total. The van der Waals surface area contributed by atoms with Gasteiger partial charge in [0.15, 0.2) is 6.29 Å². The molecule has 0 spiro atoms. The van der Waals surface area contributed by atoms with E-state index < -0.39 is 37.4 Å². The van der Waals surface area contributed by atoms with Crippen LogP contribution in [0.5, 0.6) is 0 Å². The lowest BCUT2D eigenvalue weighted by atomic mass is 10.0. The van der Waals surface area contributed by atoms with Gasteiger partial charge >= 0.3 is 0 Å². The molecule has 0 aromatic heterocycles. The molecule has 1 saturated heterocycles. The van der Waals surface area contributed by atoms with Gasteiger partial charge in [-0.25, -0.2) is 4.39 Å². The van der Waals surface area contributed by atoms with E-state index in [0.29, 0.717) is 0 Å². The highest BCUT2D eigenvalue weighted by Gasteiger charge is 2.37. The van der Waals surface area contributed by atoms with Crippen molar-refractivity contribution in [2.75, 3.05) is 19.9 Å². The summed E-state index contributed by atoms with van der Waals surface area (Å²) in [4.78, 5) is 0. The molecule has 0 aromatic rings. The molecular weight excluding hydrogens is 211 g/mol. The zero-order valence-corrected chi connectivity index (χ0v) is 7.99. The molecule has 0 bridgehead atoms. The van der Waals surface area contributed by atoms with Crippen molar-refractivity contribution < 1.29 is 34.3 Å². The minimum Gasteiger partial charge on any atom is -0.388 e. The van der Waals surface area contributed by atoms with Gasteiger partial charge < -0.3 is 29.9 Å². The second kappa shape index (κ2) is 5.69. The quantitative estimate of drug-likeness (QED) is 0.423. The molecule has 1 aliphatic heterocycles. The molecule has 4 atom stereocenters. The van der Waals surface area contributed by atoms with E-state index in [0.717, 1.165) is 0 Å². The van der Waals surface area contributed by atoms with Crippen molar-refractivity contribution in [3.8, 4) is 0 Å². The maximum atomic E-state index is 12.0. The predicted octanol–water partition coefficient (Wildman–Crippen LogP) is -2.23. The first-order valence-electron chi connectivity index (χ1n) is 4.59. The predicted molar refractivity (Wildman–Crippen MR) is 45.7 cm³/mol. The molecule has 7 heteroatoms. The Morgan fingerprint density at radius 3 is 2.07 bits per heavy atom. The van der Waals surface area contributed by atoms with Gasteiger partial charge in [-0.2, -0.15) is 0 Å². The number of rotatable bonds is 5. The third-order valence-corrected chi connectivity index (χ3v) is 2.18. The molecule has 90 valence electrons. The van der Waals surface area contributed by atoms with Crippen molar-refractivity contribution in [2.45, 2.75) is 30.7 Å². The highest BCUT2D eigenvalue weighted by atomic mass is 19.1. The minimum absolute atomic E-state index is 0.274. The second-order valence-corrected chi connectivity index (χ2v) is 3.30. The summed E-state index contributed by atoms with van der Waals surface area (Å²) in [6.07, 6.45) is -7.82. The topological polar surface area (TPSA) is 99.4 Å². The van der Waals surface area contributed by atoms with Crippen LogP contribution in [0, 0.1) is 0 Å². The molecule has 1 heterocycles. The summed E-state index contributed by atoms with van der Waals surface area (Å²) in [6.45, 7) is -0.663. The minimum atomic E-state index is -1.78. The van der Waals surface area contributed by atoms with Gasteiger partial charge in [0.1, 0.15) is 31.1 Å². The Morgan fingerprint density at radius 1 is 1.07 bits per heavy atom. The molecule has 0 aromatic carbocycles. The van der Waals surface area contributed by atoms with Crippen LogP contribution in [-0.2, 0) is 9.47 Å². The van der Waals surface area contributed by atoms with Crippen LogP contribution in [0.25, 0.3) is 0 Å². The van der Waals surface area contributed by atoms with E-state index in [1.807, 2.05) is 0 Å². The van der Waals surface area contributed by atoms with E-state index in [4.69, 9.17) is 14.6 Å². The molecule has 0 unspecified atom stereocenters. The smallest absolute Gasteiger partial charge is 0.186 e. The Labute approximate surface area is 85.9 Å². The van der Waals surface area contributed by atoms with Gasteiger partial charge in [0.25, 0.3) is 0 Å². The highest BCUT2D eigenvalue weighted by Crippen LogP contribution is 2.15. The maximum Gasteiger partial charge on any atom is 0.186 e.